The van der Waals surface area contributed by atoms with Crippen LogP contribution in [0.4, 0.5) is 0 Å². The highest BCUT2D eigenvalue weighted by atomic mass is 16.5. The molecule has 1 aliphatic carbocycles. The number of nitrogens with one attached hydrogen (secondary N) is 2. The monoisotopic (exact) mass is 256 g/mol. The van der Waals surface area contributed by atoms with E-state index in [1.807, 2.05) is 6.92 Å². The lowest BCUT2D eigenvalue weighted by molar-refractivity contribution is -0.123. The molecule has 3 atom stereocenters. The van der Waals surface area contributed by atoms with Gasteiger partial charge in [0.15, 0.2) is 0 Å². The lowest BCUT2D eigenvalue weighted by Gasteiger charge is -2.29. The van der Waals surface area contributed by atoms with Crippen LogP contribution in [0, 0.1) is 11.8 Å². The van der Waals surface area contributed by atoms with Crippen molar-refractivity contribution in [2.24, 2.45) is 11.8 Å². The standard InChI is InChI=1S/C14H28N2O2/c1-11-6-4-5-7-13(11)10-16-12(2)14(17)15-8-9-18-3/h11-13,16H,4-10H2,1-3H3,(H,15,17). The van der Waals surface area contributed by atoms with Crippen LogP contribution in [0.2, 0.25) is 0 Å². The van der Waals surface area contributed by atoms with E-state index < -0.39 is 0 Å². The molecule has 4 heteroatoms. The summed E-state index contributed by atoms with van der Waals surface area (Å²) in [5, 5.41) is 6.21. The Labute approximate surface area is 111 Å². The Morgan fingerprint density at radius 2 is 2.11 bits per heavy atom. The molecule has 0 aromatic heterocycles. The summed E-state index contributed by atoms with van der Waals surface area (Å²) in [6.45, 7) is 6.36. The molecule has 0 aromatic rings. The number of carbonyl (C=O) groups excluding carboxylic acids is 1. The van der Waals surface area contributed by atoms with Gasteiger partial charge in [-0.2, -0.15) is 0 Å². The molecular formula is C14H28N2O2. The normalized spacial score (nSPS) is 25.7. The minimum absolute atomic E-state index is 0.0653. The zero-order valence-electron chi connectivity index (χ0n) is 12.0. The van der Waals surface area contributed by atoms with E-state index in [0.717, 1.165) is 18.4 Å². The number of carbonyl (C=O) groups is 1. The first-order valence-corrected chi connectivity index (χ1v) is 7.15. The van der Waals surface area contributed by atoms with Crippen LogP contribution in [-0.4, -0.2) is 38.8 Å². The van der Waals surface area contributed by atoms with E-state index in [0.29, 0.717) is 13.2 Å². The fraction of sp³-hybridized carbons (Fsp3) is 0.929. The van der Waals surface area contributed by atoms with Crippen molar-refractivity contribution < 1.29 is 9.53 Å². The van der Waals surface area contributed by atoms with Crippen LogP contribution < -0.4 is 10.6 Å². The zero-order valence-corrected chi connectivity index (χ0v) is 12.0. The van der Waals surface area contributed by atoms with E-state index in [-0.39, 0.29) is 11.9 Å². The molecule has 1 aliphatic rings. The van der Waals surface area contributed by atoms with Crippen LogP contribution in [-0.2, 0) is 9.53 Å². The lowest BCUT2D eigenvalue weighted by Crippen LogP contribution is -2.45. The fourth-order valence-corrected chi connectivity index (χ4v) is 2.55. The summed E-state index contributed by atoms with van der Waals surface area (Å²) < 4.78 is 4.91. The van der Waals surface area contributed by atoms with Gasteiger partial charge in [-0.15, -0.1) is 0 Å². The van der Waals surface area contributed by atoms with E-state index in [4.69, 9.17) is 4.74 Å². The average molecular weight is 256 g/mol. The molecule has 0 radical (unpaired) electrons. The molecule has 1 rings (SSSR count). The van der Waals surface area contributed by atoms with Crippen LogP contribution in [0.5, 0.6) is 0 Å². The van der Waals surface area contributed by atoms with Crippen LogP contribution in [0.25, 0.3) is 0 Å². The first kappa shape index (κ1) is 15.4. The van der Waals surface area contributed by atoms with E-state index in [9.17, 15) is 4.79 Å². The SMILES string of the molecule is COCCNC(=O)C(C)NCC1CCCCC1C. The van der Waals surface area contributed by atoms with Crippen molar-refractivity contribution in [3.05, 3.63) is 0 Å². The topological polar surface area (TPSA) is 50.4 Å². The average Bonchev–Trinajstić information content (AvgIpc) is 2.37. The van der Waals surface area contributed by atoms with Gasteiger partial charge in [0.2, 0.25) is 5.91 Å². The van der Waals surface area contributed by atoms with E-state index in [1.54, 1.807) is 7.11 Å². The summed E-state index contributed by atoms with van der Waals surface area (Å²) in [6.07, 6.45) is 5.34. The predicted molar refractivity (Wildman–Crippen MR) is 73.5 cm³/mol. The number of ether oxygens (including phenoxy) is 1. The molecule has 1 amide bonds. The molecule has 2 N–H and O–H groups in total. The number of hydrogen-bond donors (Lipinski definition) is 2. The van der Waals surface area contributed by atoms with Crippen molar-refractivity contribution in [1.82, 2.24) is 10.6 Å². The summed E-state index contributed by atoms with van der Waals surface area (Å²) in [5.41, 5.74) is 0. The Morgan fingerprint density at radius 1 is 1.39 bits per heavy atom. The molecule has 0 saturated heterocycles. The quantitative estimate of drug-likeness (QED) is 0.680. The van der Waals surface area contributed by atoms with Crippen molar-refractivity contribution in [3.63, 3.8) is 0 Å². The third-order valence-corrected chi connectivity index (χ3v) is 3.97. The Kier molecular flexibility index (Phi) is 7.28. The first-order valence-electron chi connectivity index (χ1n) is 7.15. The van der Waals surface area contributed by atoms with Gasteiger partial charge >= 0.3 is 0 Å². The van der Waals surface area contributed by atoms with Gasteiger partial charge in [-0.3, -0.25) is 4.79 Å². The molecule has 0 aromatic carbocycles. The van der Waals surface area contributed by atoms with Gasteiger partial charge in [0.1, 0.15) is 0 Å². The number of hydrogen-bond acceptors (Lipinski definition) is 3. The van der Waals surface area contributed by atoms with Crippen molar-refractivity contribution >= 4 is 5.91 Å². The number of amides is 1. The van der Waals surface area contributed by atoms with Gasteiger partial charge < -0.3 is 15.4 Å². The maximum atomic E-state index is 11.7. The number of rotatable bonds is 7. The van der Waals surface area contributed by atoms with Crippen LogP contribution in [0.15, 0.2) is 0 Å². The minimum atomic E-state index is -0.115. The Balaban J connectivity index is 2.18. The van der Waals surface area contributed by atoms with Gasteiger partial charge in [-0.05, 0) is 31.7 Å². The molecule has 1 saturated carbocycles. The Hall–Kier alpha value is -0.610. The van der Waals surface area contributed by atoms with E-state index in [2.05, 4.69) is 17.6 Å². The summed E-state index contributed by atoms with van der Waals surface area (Å²) in [6, 6.07) is -0.115. The fourth-order valence-electron chi connectivity index (χ4n) is 2.55. The van der Waals surface area contributed by atoms with Gasteiger partial charge in [0.25, 0.3) is 0 Å². The van der Waals surface area contributed by atoms with E-state index >= 15 is 0 Å². The molecule has 0 aliphatic heterocycles. The Bertz CT molecular complexity index is 246. The molecular weight excluding hydrogens is 228 g/mol. The van der Waals surface area contributed by atoms with Gasteiger partial charge in [-0.25, -0.2) is 0 Å². The highest BCUT2D eigenvalue weighted by Crippen LogP contribution is 2.28. The maximum absolute atomic E-state index is 11.7. The summed E-state index contributed by atoms with van der Waals surface area (Å²) in [4.78, 5) is 11.7. The molecule has 0 heterocycles. The second-order valence-electron chi connectivity index (χ2n) is 5.44. The first-order chi connectivity index (χ1) is 8.65. The minimum Gasteiger partial charge on any atom is -0.383 e. The maximum Gasteiger partial charge on any atom is 0.236 e. The van der Waals surface area contributed by atoms with Crippen LogP contribution in [0.1, 0.15) is 39.5 Å². The summed E-state index contributed by atoms with van der Waals surface area (Å²) >= 11 is 0. The third-order valence-electron chi connectivity index (χ3n) is 3.97. The van der Waals surface area contributed by atoms with Crippen molar-refractivity contribution in [2.75, 3.05) is 26.8 Å². The second-order valence-corrected chi connectivity index (χ2v) is 5.44. The molecule has 1 fully saturated rings. The molecule has 0 spiro atoms. The highest BCUT2D eigenvalue weighted by molar-refractivity contribution is 5.81. The Morgan fingerprint density at radius 3 is 2.78 bits per heavy atom. The largest absolute Gasteiger partial charge is 0.383 e. The molecule has 106 valence electrons. The summed E-state index contributed by atoms with van der Waals surface area (Å²) in [5.74, 6) is 1.58. The molecule has 3 unspecified atom stereocenters. The van der Waals surface area contributed by atoms with Crippen molar-refractivity contribution in [3.8, 4) is 0 Å². The van der Waals surface area contributed by atoms with Gasteiger partial charge in [0.05, 0.1) is 12.6 Å². The van der Waals surface area contributed by atoms with Crippen LogP contribution >= 0.6 is 0 Å². The zero-order chi connectivity index (χ0) is 13.4. The van der Waals surface area contributed by atoms with Gasteiger partial charge in [0, 0.05) is 13.7 Å². The lowest BCUT2D eigenvalue weighted by atomic mass is 9.80. The number of methoxy groups -OCH3 is 1. The molecule has 4 nitrogen and oxygen atoms in total. The predicted octanol–water partition coefficient (Wildman–Crippen LogP) is 1.55. The van der Waals surface area contributed by atoms with Crippen molar-refractivity contribution in [2.45, 2.75) is 45.6 Å². The smallest absolute Gasteiger partial charge is 0.236 e. The molecule has 18 heavy (non-hydrogen) atoms. The van der Waals surface area contributed by atoms with Gasteiger partial charge in [-0.1, -0.05) is 26.2 Å². The second kappa shape index (κ2) is 8.48. The highest BCUT2D eigenvalue weighted by Gasteiger charge is 2.22. The summed E-state index contributed by atoms with van der Waals surface area (Å²) in [7, 11) is 1.64. The van der Waals surface area contributed by atoms with Crippen molar-refractivity contribution in [1.29, 1.82) is 0 Å². The van der Waals surface area contributed by atoms with E-state index in [1.165, 1.54) is 25.7 Å². The molecule has 0 bridgehead atoms. The van der Waals surface area contributed by atoms with Crippen LogP contribution in [0.3, 0.4) is 0 Å². The third kappa shape index (κ3) is 5.36.